The van der Waals surface area contributed by atoms with E-state index in [0.29, 0.717) is 17.8 Å². The van der Waals surface area contributed by atoms with Crippen LogP contribution in [-0.2, 0) is 66.4 Å². The summed E-state index contributed by atoms with van der Waals surface area (Å²) in [6, 6.07) is -1.82. The normalized spacial score (nSPS) is 24.5. The quantitative estimate of drug-likeness (QED) is 0.0118. The summed E-state index contributed by atoms with van der Waals surface area (Å²) in [7, 11) is -0.503. The van der Waals surface area contributed by atoms with E-state index in [1.807, 2.05) is 96.9 Å². The van der Waals surface area contributed by atoms with Crippen molar-refractivity contribution < 1.29 is 185 Å². The number of esters is 3. The second-order valence-corrected chi connectivity index (χ2v) is 26.3. The van der Waals surface area contributed by atoms with Crippen LogP contribution >= 0.6 is 18.8 Å². The number of quaternary nitrogens is 1. The molecule has 0 aromatic carbocycles. The summed E-state index contributed by atoms with van der Waals surface area (Å²) in [6.07, 6.45) is -1.95. The summed E-state index contributed by atoms with van der Waals surface area (Å²) in [4.78, 5) is 97.0. The molecule has 3 heterocycles. The average molecular weight is 1510 g/mol. The van der Waals surface area contributed by atoms with Gasteiger partial charge in [-0.05, 0) is 87.0 Å². The van der Waals surface area contributed by atoms with Crippen molar-refractivity contribution in [2.24, 2.45) is 100 Å². The Hall–Kier alpha value is -2.83. The summed E-state index contributed by atoms with van der Waals surface area (Å²) in [5, 5.41) is 92.1. The predicted octanol–water partition coefficient (Wildman–Crippen LogP) is -3.83. The third-order valence-corrected chi connectivity index (χ3v) is 19.5. The van der Waals surface area contributed by atoms with Crippen LogP contribution in [0, 0.1) is 101 Å². The Balaban J connectivity index is -0.0000000724. The minimum absolute atomic E-state index is 0. The summed E-state index contributed by atoms with van der Waals surface area (Å²) in [5.41, 5.74) is 8.54. The number of nitrogens with zero attached hydrogens (tertiary/aromatic N) is 1. The second kappa shape index (κ2) is 72.1. The van der Waals surface area contributed by atoms with Crippen molar-refractivity contribution in [3.63, 3.8) is 0 Å². The van der Waals surface area contributed by atoms with Crippen LogP contribution in [0.1, 0.15) is 216 Å². The Bertz CT molecular complexity index is 2030. The van der Waals surface area contributed by atoms with Crippen LogP contribution in [0.15, 0.2) is 0 Å². The van der Waals surface area contributed by atoms with Gasteiger partial charge < -0.3 is 115 Å². The van der Waals surface area contributed by atoms with Gasteiger partial charge >= 0.3 is 86.4 Å². The van der Waals surface area contributed by atoms with E-state index in [-0.39, 0.29) is 203 Å². The Morgan fingerprint density at radius 2 is 0.757 bits per heavy atom. The van der Waals surface area contributed by atoms with Crippen LogP contribution in [0.5, 0.6) is 0 Å². The van der Waals surface area contributed by atoms with Gasteiger partial charge in [-0.3, -0.25) is 24.0 Å². The molecule has 0 saturated carbocycles. The van der Waals surface area contributed by atoms with Crippen LogP contribution in [0.25, 0.3) is 4.85 Å². The van der Waals surface area contributed by atoms with Gasteiger partial charge in [0.2, 0.25) is 6.04 Å². The van der Waals surface area contributed by atoms with E-state index in [0.717, 1.165) is 6.29 Å². The molecule has 103 heavy (non-hydrogen) atoms. The van der Waals surface area contributed by atoms with E-state index in [1.165, 1.54) is 27.7 Å². The van der Waals surface area contributed by atoms with Gasteiger partial charge in [0.25, 0.3) is 0 Å². The van der Waals surface area contributed by atoms with Crippen molar-refractivity contribution >= 4 is 72.9 Å². The molecule has 3 fully saturated rings. The first-order chi connectivity index (χ1) is 45.0. The number of carboxylic acids is 5. The van der Waals surface area contributed by atoms with Crippen molar-refractivity contribution in [1.29, 1.82) is 2.56 Å². The monoisotopic (exact) mass is 1510 g/mol. The van der Waals surface area contributed by atoms with E-state index in [9.17, 15) is 58.5 Å². The molecule has 3 aliphatic rings. The van der Waals surface area contributed by atoms with Crippen molar-refractivity contribution in [3.05, 3.63) is 11.4 Å². The van der Waals surface area contributed by atoms with Gasteiger partial charge in [0.1, 0.15) is 36.7 Å². The Labute approximate surface area is 663 Å². The molecule has 0 aliphatic carbocycles. The molecule has 5 unspecified atom stereocenters. The maximum absolute atomic E-state index is 10.8. The van der Waals surface area contributed by atoms with Gasteiger partial charge in [-0.2, -0.15) is 0 Å². The Kier molecular flexibility index (Phi) is 88.7. The van der Waals surface area contributed by atoms with E-state index >= 15 is 0 Å². The van der Waals surface area contributed by atoms with Gasteiger partial charge in [0.15, 0.2) is 0 Å². The number of aliphatic hydroxyl groups excluding tert-OH is 5. The number of aldehydes is 1. The molecule has 3 rings (SSSR count). The van der Waals surface area contributed by atoms with Crippen molar-refractivity contribution in [2.75, 3.05) is 0 Å². The van der Waals surface area contributed by atoms with E-state index in [2.05, 4.69) is 10.6 Å². The summed E-state index contributed by atoms with van der Waals surface area (Å²) < 4.78 is 38.3. The Morgan fingerprint density at radius 1 is 0.505 bits per heavy atom. The fourth-order valence-corrected chi connectivity index (χ4v) is 7.30. The molecule has 600 valence electrons. The molecule has 31 atom stereocenters. The molecule has 13 N–H and O–H groups in total. The summed E-state index contributed by atoms with van der Waals surface area (Å²) in [6.45, 7) is 58.6. The second-order valence-electron chi connectivity index (χ2n) is 25.9. The van der Waals surface area contributed by atoms with Gasteiger partial charge in [0, 0.05) is 85.0 Å². The fraction of sp³-hybridized carbons (Fsp3) is 0.857. The zero-order chi connectivity index (χ0) is 80.7. The number of nitrogens with two attached hydrogens (primary N) is 1. The third-order valence-electron chi connectivity index (χ3n) is 18.7. The molecule has 3 aliphatic heterocycles. The standard InChI is InChI=1S/C7H14NOP.3C7H14O3.3C7H12O2.2C6H13NO3.C5H11O2P.C2H6.2CH4.3Li.H2O/c1-5(6(2)8-4)7(3)9-10;3*1-4(6(3)8)5(2)7(9)10;3*1-4-5(2)7(8)9-6(4)3;2*1-3(4(2)8)5(7)6(9)10;1-4(3-6)5(2)7-8;1-2;;;;;;/h5-7H,10H2,1-3H3;3*4-6,8H,1-3H3,(H,9,10);3*4-6H,1-3H3;2*3-5,8H,7H2,1-2H3,(H,9,10);3-5H,8H2,1-2H3;1-2H3;2*1H4;;;;1H2/q;;;;;;;;;;;;;3*+1;/p-3/t5-,6?,7+;4-,5?,6+;4-,5+,6+;4-,5-,6+;4-,5?,6+;2*4-,5-,6+;2*3-,4-,5-;4-,5+;;;;;;;/m1111111001......./s1/i10T;;;;;;;;;8T;;;;;;;/t5-,6?,7+,10?;;;;;;;2m;4-,5+,8?;;;;;;;. The van der Waals surface area contributed by atoms with Crippen molar-refractivity contribution in [3.8, 4) is 0 Å². The Morgan fingerprint density at radius 3 is 0.874 bits per heavy atom. The third kappa shape index (κ3) is 59.8. The van der Waals surface area contributed by atoms with Crippen LogP contribution in [0.2, 0.25) is 0 Å². The maximum Gasteiger partial charge on any atom is 1.00 e. The number of ether oxygens (including phenoxy) is 3. The minimum atomic E-state index is -1.21. The molecule has 33 heteroatoms. The molecule has 0 aromatic rings. The molecule has 3 saturated heterocycles. The molecule has 0 spiro atoms. The maximum atomic E-state index is 10.8. The van der Waals surface area contributed by atoms with Crippen LogP contribution < -0.4 is 83.4 Å². The SMILES string of the molecule is C.C.CC.CC(C(=O)[O-])[C@@H](C)[C@H](C)O.CC1C(=O)O[C@@H](C)[C@@H]1C.C[C@@H]([C@H](C)O)[C@@H](C)C(=O)O.C[C@@H]([C@H](C)O)[C@H](C)C(=O)[O-].C[C@@H]([C@H](C)O)[C@H](N)C(=O)O.C[C@@H]([C@H](C)O)[C@H]([NH3+])C(=O)[O-].C[C@H]1[C@H](C)OC(=O)[C@@H]1C.C[C@H]1[C@H](C)OC(=O)[C@@H]1C.[3H]PO[C@@H](C)[C@H](C)C(C)[N+]#[C-].[3H]PO[C@@H](C)[C@H](C)C=O.[Li+].[Li+].[Li+].[OH-]. The number of hydrogen-bond acceptors (Lipinski definition) is 24. The number of hydrogen-bond donors (Lipinski definition) is 9. The van der Waals surface area contributed by atoms with E-state index in [1.54, 1.807) is 76.2 Å². The molecule has 0 bridgehead atoms. The fourth-order valence-electron chi connectivity index (χ4n) is 6.88. The topological polar surface area (TPSA) is 499 Å². The number of aliphatic carboxylic acids is 5. The molecule has 0 amide bonds. The smallest absolute Gasteiger partial charge is 0.870 e. The molecule has 28 nitrogen and oxygen atoms in total. The van der Waals surface area contributed by atoms with Crippen LogP contribution in [0.3, 0.4) is 0 Å². The van der Waals surface area contributed by atoms with Gasteiger partial charge in [-0.15, -0.1) is 0 Å². The van der Waals surface area contributed by atoms with Gasteiger partial charge in [-0.25, -0.2) is 6.57 Å². The molecule has 0 radical (unpaired) electrons. The number of carbonyl (C=O) groups excluding carboxylic acids is 7. The zero-order valence-corrected chi connectivity index (χ0v) is 69.1. The number of carbonyl (C=O) groups is 9. The van der Waals surface area contributed by atoms with E-state index in [4.69, 9.17) is 73.9 Å². The summed E-state index contributed by atoms with van der Waals surface area (Å²) in [5.74, 6) is -6.99. The van der Waals surface area contributed by atoms with E-state index < -0.39 is 96.1 Å². The van der Waals surface area contributed by atoms with Crippen molar-refractivity contribution in [1.82, 2.24) is 0 Å². The summed E-state index contributed by atoms with van der Waals surface area (Å²) >= 11 is 0. The number of aliphatic hydroxyl groups is 5. The van der Waals surface area contributed by atoms with Crippen LogP contribution in [0.4, 0.5) is 0 Å². The first kappa shape index (κ1) is 127. The molecular formula is C70H142Li3N3O25P2. The zero-order valence-electron chi connectivity index (χ0n) is 69.1. The van der Waals surface area contributed by atoms with Crippen LogP contribution in [-0.4, -0.2) is 177 Å². The minimum Gasteiger partial charge on any atom is -0.870 e. The predicted molar refractivity (Wildman–Crippen MR) is 386 cm³/mol. The number of rotatable bonds is 23. The largest absolute Gasteiger partial charge is 1.00 e. The number of carboxylic acid groups (broad SMARTS) is 5. The molecule has 0 aromatic heterocycles. The number of cyclic esters (lactones) is 3. The molecular weight excluding hydrogens is 1370 g/mol. The first-order valence-corrected chi connectivity index (χ1v) is 34.0. The van der Waals surface area contributed by atoms with Crippen molar-refractivity contribution in [2.45, 2.75) is 295 Å². The van der Waals surface area contributed by atoms with Gasteiger partial charge in [0.05, 0.1) is 80.8 Å². The van der Waals surface area contributed by atoms with Gasteiger partial charge in [-0.1, -0.05) is 139 Å². The average Bonchev–Trinajstić information content (AvgIpc) is 1.59. The first-order valence-electron chi connectivity index (χ1n) is 34.2.